The molecule has 6 nitrogen and oxygen atoms in total. The summed E-state index contributed by atoms with van der Waals surface area (Å²) in [5.74, 6) is 0.474. The molecular formula is C10H18N4O2. The molecule has 0 saturated carbocycles. The molecule has 0 radical (unpaired) electrons. The zero-order chi connectivity index (χ0) is 11.7. The van der Waals surface area contributed by atoms with Crippen molar-refractivity contribution in [1.82, 2.24) is 10.2 Å². The maximum Gasteiger partial charge on any atom is 0.318 e. The van der Waals surface area contributed by atoms with Gasteiger partial charge in [0.1, 0.15) is 0 Å². The molecule has 1 aliphatic heterocycles. The number of nitrogens with two attached hydrogens (primary N) is 1. The lowest BCUT2D eigenvalue weighted by Crippen LogP contribution is -2.45. The topological polar surface area (TPSA) is 77.4 Å². The maximum atomic E-state index is 5.67. The Labute approximate surface area is 94.8 Å². The second kappa shape index (κ2) is 4.39. The maximum absolute atomic E-state index is 5.67. The van der Waals surface area contributed by atoms with E-state index in [0.29, 0.717) is 11.9 Å². The van der Waals surface area contributed by atoms with E-state index in [1.54, 1.807) is 0 Å². The van der Waals surface area contributed by atoms with Gasteiger partial charge in [0, 0.05) is 13.1 Å². The minimum Gasteiger partial charge on any atom is -0.406 e. The third-order valence-corrected chi connectivity index (χ3v) is 2.51. The van der Waals surface area contributed by atoms with Crippen LogP contribution in [0.2, 0.25) is 0 Å². The highest BCUT2D eigenvalue weighted by Crippen LogP contribution is 2.20. The Morgan fingerprint density at radius 1 is 1.31 bits per heavy atom. The van der Waals surface area contributed by atoms with Crippen LogP contribution in [0.4, 0.5) is 6.01 Å². The van der Waals surface area contributed by atoms with Gasteiger partial charge in [-0.25, -0.2) is 0 Å². The van der Waals surface area contributed by atoms with E-state index in [9.17, 15) is 0 Å². The second-order valence-corrected chi connectivity index (χ2v) is 4.37. The average Bonchev–Trinajstić information content (AvgIpc) is 2.64. The highest BCUT2D eigenvalue weighted by molar-refractivity contribution is 5.25. The number of hydrogen-bond donors (Lipinski definition) is 1. The molecule has 0 bridgehead atoms. The lowest BCUT2D eigenvalue weighted by molar-refractivity contribution is -0.00677. The van der Waals surface area contributed by atoms with Gasteiger partial charge in [0.2, 0.25) is 5.89 Å². The van der Waals surface area contributed by atoms with Crippen LogP contribution in [-0.4, -0.2) is 35.5 Å². The van der Waals surface area contributed by atoms with E-state index in [1.165, 1.54) is 0 Å². The first-order chi connectivity index (χ1) is 7.56. The fourth-order valence-corrected chi connectivity index (χ4v) is 1.87. The number of aromatic nitrogens is 2. The van der Waals surface area contributed by atoms with Crippen LogP contribution in [0.5, 0.6) is 0 Å². The Balaban J connectivity index is 2.10. The Hall–Kier alpha value is -1.14. The molecule has 1 aliphatic rings. The second-order valence-electron chi connectivity index (χ2n) is 4.37. The molecule has 2 N–H and O–H groups in total. The zero-order valence-corrected chi connectivity index (χ0v) is 9.88. The smallest absolute Gasteiger partial charge is 0.318 e. The van der Waals surface area contributed by atoms with E-state index in [4.69, 9.17) is 14.9 Å². The van der Waals surface area contributed by atoms with Gasteiger partial charge in [-0.2, -0.15) is 0 Å². The highest BCUT2D eigenvalue weighted by Gasteiger charge is 2.26. The summed E-state index contributed by atoms with van der Waals surface area (Å²) in [4.78, 5) is 2.04. The number of morpholine rings is 1. The molecule has 0 spiro atoms. The summed E-state index contributed by atoms with van der Waals surface area (Å²) < 4.78 is 11.1. The van der Waals surface area contributed by atoms with Crippen molar-refractivity contribution in [3.63, 3.8) is 0 Å². The van der Waals surface area contributed by atoms with Crippen LogP contribution >= 0.6 is 0 Å². The van der Waals surface area contributed by atoms with Crippen molar-refractivity contribution < 1.29 is 9.15 Å². The van der Waals surface area contributed by atoms with Crippen LogP contribution in [0.3, 0.4) is 0 Å². The van der Waals surface area contributed by atoms with E-state index in [-0.39, 0.29) is 18.2 Å². The van der Waals surface area contributed by atoms with Crippen LogP contribution in [-0.2, 0) is 4.74 Å². The summed E-state index contributed by atoms with van der Waals surface area (Å²) >= 11 is 0. The van der Waals surface area contributed by atoms with Gasteiger partial charge in [-0.05, 0) is 20.8 Å². The van der Waals surface area contributed by atoms with Crippen LogP contribution in [0.1, 0.15) is 32.7 Å². The first-order valence-corrected chi connectivity index (χ1v) is 5.55. The molecule has 1 fully saturated rings. The van der Waals surface area contributed by atoms with E-state index < -0.39 is 0 Å². The van der Waals surface area contributed by atoms with Gasteiger partial charge in [0.25, 0.3) is 0 Å². The van der Waals surface area contributed by atoms with Crippen LogP contribution < -0.4 is 10.6 Å². The molecule has 3 unspecified atom stereocenters. The molecule has 2 heterocycles. The normalized spacial score (nSPS) is 28.1. The molecule has 2 rings (SSSR count). The zero-order valence-electron chi connectivity index (χ0n) is 9.88. The molecule has 1 aromatic heterocycles. The van der Waals surface area contributed by atoms with Crippen molar-refractivity contribution in [2.45, 2.75) is 39.0 Å². The molecular weight excluding hydrogens is 208 g/mol. The fraction of sp³-hybridized carbons (Fsp3) is 0.800. The molecule has 6 heteroatoms. The minimum absolute atomic E-state index is 0.175. The predicted octanol–water partition coefficient (Wildman–Crippen LogP) is 0.703. The molecule has 1 saturated heterocycles. The lowest BCUT2D eigenvalue weighted by atomic mass is 10.2. The molecule has 16 heavy (non-hydrogen) atoms. The van der Waals surface area contributed by atoms with Crippen LogP contribution in [0.25, 0.3) is 0 Å². The van der Waals surface area contributed by atoms with Crippen molar-refractivity contribution in [3.05, 3.63) is 5.89 Å². The van der Waals surface area contributed by atoms with E-state index >= 15 is 0 Å². The first kappa shape index (κ1) is 11.3. The minimum atomic E-state index is -0.225. The highest BCUT2D eigenvalue weighted by atomic mass is 16.5. The molecule has 90 valence electrons. The number of nitrogens with zero attached hydrogens (tertiary/aromatic N) is 3. The third-order valence-electron chi connectivity index (χ3n) is 2.51. The third kappa shape index (κ3) is 2.33. The first-order valence-electron chi connectivity index (χ1n) is 5.55. The summed E-state index contributed by atoms with van der Waals surface area (Å²) in [6, 6.07) is 0.312. The van der Waals surface area contributed by atoms with E-state index in [1.807, 2.05) is 25.7 Å². The van der Waals surface area contributed by atoms with Crippen molar-refractivity contribution in [2.24, 2.45) is 5.73 Å². The Kier molecular flexibility index (Phi) is 3.11. The molecule has 0 amide bonds. The Morgan fingerprint density at radius 3 is 2.44 bits per heavy atom. The molecule has 0 aliphatic carbocycles. The quantitative estimate of drug-likeness (QED) is 0.800. The average molecular weight is 226 g/mol. The van der Waals surface area contributed by atoms with Crippen molar-refractivity contribution >= 4 is 6.01 Å². The van der Waals surface area contributed by atoms with Crippen molar-refractivity contribution in [1.29, 1.82) is 0 Å². The van der Waals surface area contributed by atoms with Gasteiger partial charge in [-0.1, -0.05) is 5.10 Å². The SMILES string of the molecule is CC1CN(c2nnc(C(C)N)o2)CC(C)O1. The van der Waals surface area contributed by atoms with Gasteiger partial charge in [-0.15, -0.1) is 5.10 Å². The number of rotatable bonds is 2. The molecule has 3 atom stereocenters. The summed E-state index contributed by atoms with van der Waals surface area (Å²) in [5, 5.41) is 7.92. The number of ether oxygens (including phenoxy) is 1. The standard InChI is InChI=1S/C10H18N4O2/c1-6-4-14(5-7(2)15-6)10-13-12-9(16-10)8(3)11/h6-8H,4-5,11H2,1-3H3. The van der Waals surface area contributed by atoms with Crippen molar-refractivity contribution in [3.8, 4) is 0 Å². The summed E-state index contributed by atoms with van der Waals surface area (Å²) in [6.45, 7) is 7.43. The molecule has 0 aromatic carbocycles. The van der Waals surface area contributed by atoms with E-state index in [2.05, 4.69) is 10.2 Å². The van der Waals surface area contributed by atoms with Crippen LogP contribution in [0.15, 0.2) is 4.42 Å². The fourth-order valence-electron chi connectivity index (χ4n) is 1.87. The predicted molar refractivity (Wildman–Crippen MR) is 59.1 cm³/mol. The van der Waals surface area contributed by atoms with Gasteiger partial charge < -0.3 is 19.8 Å². The molecule has 1 aromatic rings. The van der Waals surface area contributed by atoms with Crippen LogP contribution in [0, 0.1) is 0 Å². The van der Waals surface area contributed by atoms with Gasteiger partial charge in [0.05, 0.1) is 18.2 Å². The summed E-state index contributed by atoms with van der Waals surface area (Å²) in [5.41, 5.74) is 5.67. The number of anilines is 1. The monoisotopic (exact) mass is 226 g/mol. The number of hydrogen-bond acceptors (Lipinski definition) is 6. The summed E-state index contributed by atoms with van der Waals surface area (Å²) in [7, 11) is 0. The largest absolute Gasteiger partial charge is 0.406 e. The Bertz CT molecular complexity index is 342. The van der Waals surface area contributed by atoms with Gasteiger partial charge in [0.15, 0.2) is 0 Å². The van der Waals surface area contributed by atoms with Crippen molar-refractivity contribution in [2.75, 3.05) is 18.0 Å². The van der Waals surface area contributed by atoms with Gasteiger partial charge in [-0.3, -0.25) is 0 Å². The Morgan fingerprint density at radius 2 is 1.94 bits per heavy atom. The van der Waals surface area contributed by atoms with E-state index in [0.717, 1.165) is 13.1 Å². The lowest BCUT2D eigenvalue weighted by Gasteiger charge is -2.33. The summed E-state index contributed by atoms with van der Waals surface area (Å²) in [6.07, 6.45) is 0.351. The van der Waals surface area contributed by atoms with Gasteiger partial charge >= 0.3 is 6.01 Å².